The van der Waals surface area contributed by atoms with Crippen molar-refractivity contribution in [3.8, 4) is 0 Å². The van der Waals surface area contributed by atoms with Gasteiger partial charge in [0.1, 0.15) is 12.7 Å². The van der Waals surface area contributed by atoms with Crippen molar-refractivity contribution < 1.29 is 9.47 Å². The fourth-order valence-corrected chi connectivity index (χ4v) is 2.07. The Kier molecular flexibility index (Phi) is 2.26. The van der Waals surface area contributed by atoms with E-state index in [9.17, 15) is 0 Å². The van der Waals surface area contributed by atoms with E-state index in [4.69, 9.17) is 9.47 Å². The Morgan fingerprint density at radius 2 is 1.88 bits per heavy atom. The Hall–Kier alpha value is -1.35. The number of aryl methyl sites for hydroxylation is 1. The standard InChI is InChI=1S/C14H17NO2/c1-9-4-6-10(7-5-9)11-12(17-11)13-15-14(2,3)8-16-13/h4-7,11-12H,8H2,1-3H3/t11-,12+/m1/s1. The maximum absolute atomic E-state index is 5.66. The summed E-state index contributed by atoms with van der Waals surface area (Å²) >= 11 is 0. The molecule has 2 aliphatic rings. The van der Waals surface area contributed by atoms with E-state index in [0.717, 1.165) is 5.90 Å². The number of hydrogen-bond donors (Lipinski definition) is 0. The third-order valence-corrected chi connectivity index (χ3v) is 3.13. The van der Waals surface area contributed by atoms with Gasteiger partial charge in [-0.2, -0.15) is 0 Å². The molecule has 3 rings (SSSR count). The molecule has 0 saturated carbocycles. The van der Waals surface area contributed by atoms with Crippen molar-refractivity contribution in [3.05, 3.63) is 35.4 Å². The van der Waals surface area contributed by atoms with Crippen LogP contribution in [0.2, 0.25) is 0 Å². The zero-order valence-electron chi connectivity index (χ0n) is 10.4. The Morgan fingerprint density at radius 3 is 2.47 bits per heavy atom. The lowest BCUT2D eigenvalue weighted by molar-refractivity contribution is 0.266. The van der Waals surface area contributed by atoms with Crippen molar-refractivity contribution >= 4 is 5.90 Å². The molecule has 1 fully saturated rings. The Balaban J connectivity index is 1.73. The van der Waals surface area contributed by atoms with Crippen LogP contribution in [0.1, 0.15) is 31.1 Å². The van der Waals surface area contributed by atoms with Crippen LogP contribution in [0, 0.1) is 6.92 Å². The molecule has 1 saturated heterocycles. The highest BCUT2D eigenvalue weighted by Crippen LogP contribution is 2.41. The van der Waals surface area contributed by atoms with Gasteiger partial charge in [0.2, 0.25) is 5.90 Å². The van der Waals surface area contributed by atoms with Gasteiger partial charge in [-0.1, -0.05) is 29.8 Å². The first kappa shape index (κ1) is 10.8. The van der Waals surface area contributed by atoms with Gasteiger partial charge in [-0.15, -0.1) is 0 Å². The lowest BCUT2D eigenvalue weighted by Gasteiger charge is -2.07. The van der Waals surface area contributed by atoms with E-state index >= 15 is 0 Å². The highest BCUT2D eigenvalue weighted by Gasteiger charge is 2.48. The predicted octanol–water partition coefficient (Wildman–Crippen LogP) is 2.64. The second-order valence-corrected chi connectivity index (χ2v) is 5.44. The van der Waals surface area contributed by atoms with E-state index in [0.29, 0.717) is 6.61 Å². The summed E-state index contributed by atoms with van der Waals surface area (Å²) in [7, 11) is 0. The molecule has 0 N–H and O–H groups in total. The molecule has 2 aliphatic heterocycles. The number of benzene rings is 1. The van der Waals surface area contributed by atoms with Gasteiger partial charge in [0.15, 0.2) is 6.10 Å². The van der Waals surface area contributed by atoms with E-state index in [1.807, 2.05) is 0 Å². The molecule has 90 valence electrons. The van der Waals surface area contributed by atoms with Crippen molar-refractivity contribution in [1.82, 2.24) is 0 Å². The molecule has 17 heavy (non-hydrogen) atoms. The van der Waals surface area contributed by atoms with Crippen molar-refractivity contribution in [2.24, 2.45) is 4.99 Å². The molecule has 0 aromatic heterocycles. The predicted molar refractivity (Wildman–Crippen MR) is 66.3 cm³/mol. The lowest BCUT2D eigenvalue weighted by Crippen LogP contribution is -2.17. The zero-order chi connectivity index (χ0) is 12.0. The molecule has 0 amide bonds. The third kappa shape index (κ3) is 2.07. The Bertz CT molecular complexity index is 462. The number of ether oxygens (including phenoxy) is 2. The molecule has 0 unspecified atom stereocenters. The maximum atomic E-state index is 5.66. The first-order valence-electron chi connectivity index (χ1n) is 6.00. The highest BCUT2D eigenvalue weighted by molar-refractivity contribution is 5.85. The Labute approximate surface area is 101 Å². The number of aliphatic imine (C=N–C) groups is 1. The van der Waals surface area contributed by atoms with Crippen molar-refractivity contribution in [2.45, 2.75) is 38.5 Å². The minimum absolute atomic E-state index is 0.0273. The summed E-state index contributed by atoms with van der Waals surface area (Å²) in [6.07, 6.45) is 0.155. The first-order valence-corrected chi connectivity index (χ1v) is 6.00. The molecular weight excluding hydrogens is 214 g/mol. The van der Waals surface area contributed by atoms with Gasteiger partial charge in [0.25, 0.3) is 0 Å². The summed E-state index contributed by atoms with van der Waals surface area (Å²) in [4.78, 5) is 4.55. The van der Waals surface area contributed by atoms with Crippen molar-refractivity contribution in [1.29, 1.82) is 0 Å². The molecule has 0 radical (unpaired) electrons. The van der Waals surface area contributed by atoms with Gasteiger partial charge in [-0.3, -0.25) is 0 Å². The zero-order valence-corrected chi connectivity index (χ0v) is 10.4. The molecule has 0 spiro atoms. The van der Waals surface area contributed by atoms with Gasteiger partial charge < -0.3 is 9.47 Å². The van der Waals surface area contributed by atoms with Gasteiger partial charge in [0.05, 0.1) is 5.54 Å². The third-order valence-electron chi connectivity index (χ3n) is 3.13. The second-order valence-electron chi connectivity index (χ2n) is 5.44. The molecule has 1 aromatic carbocycles. The average molecular weight is 231 g/mol. The summed E-state index contributed by atoms with van der Waals surface area (Å²) < 4.78 is 11.3. The summed E-state index contributed by atoms with van der Waals surface area (Å²) in [6.45, 7) is 6.89. The van der Waals surface area contributed by atoms with E-state index in [1.54, 1.807) is 0 Å². The van der Waals surface area contributed by atoms with E-state index < -0.39 is 0 Å². The SMILES string of the molecule is Cc1ccc([C@H]2O[C@@H]2C2=NC(C)(C)CO2)cc1. The van der Waals surface area contributed by atoms with E-state index in [1.165, 1.54) is 11.1 Å². The average Bonchev–Trinajstić information content (AvgIpc) is 2.98. The van der Waals surface area contributed by atoms with E-state index in [-0.39, 0.29) is 17.7 Å². The molecule has 0 aliphatic carbocycles. The van der Waals surface area contributed by atoms with Crippen LogP contribution in [-0.4, -0.2) is 24.1 Å². The normalized spacial score (nSPS) is 29.7. The van der Waals surface area contributed by atoms with Crippen molar-refractivity contribution in [2.75, 3.05) is 6.61 Å². The van der Waals surface area contributed by atoms with Gasteiger partial charge in [-0.25, -0.2) is 4.99 Å². The summed E-state index contributed by atoms with van der Waals surface area (Å²) in [5.41, 5.74) is 2.37. The Morgan fingerprint density at radius 1 is 1.18 bits per heavy atom. The molecule has 1 aromatic rings. The van der Waals surface area contributed by atoms with Crippen LogP contribution in [0.4, 0.5) is 0 Å². The largest absolute Gasteiger partial charge is 0.476 e. The van der Waals surface area contributed by atoms with Crippen LogP contribution in [0.3, 0.4) is 0 Å². The number of rotatable bonds is 2. The molecule has 3 nitrogen and oxygen atoms in total. The summed E-state index contributed by atoms with van der Waals surface area (Å²) in [5, 5.41) is 0. The fraction of sp³-hybridized carbons (Fsp3) is 0.500. The van der Waals surface area contributed by atoms with Crippen LogP contribution >= 0.6 is 0 Å². The van der Waals surface area contributed by atoms with Crippen LogP contribution in [0.25, 0.3) is 0 Å². The van der Waals surface area contributed by atoms with Crippen LogP contribution in [0.15, 0.2) is 29.3 Å². The topological polar surface area (TPSA) is 34.1 Å². The summed E-state index contributed by atoms with van der Waals surface area (Å²) in [5.74, 6) is 0.764. The number of hydrogen-bond acceptors (Lipinski definition) is 3. The smallest absolute Gasteiger partial charge is 0.217 e. The monoisotopic (exact) mass is 231 g/mol. The van der Waals surface area contributed by atoms with Gasteiger partial charge in [-0.05, 0) is 26.3 Å². The molecule has 0 bridgehead atoms. The van der Waals surface area contributed by atoms with Crippen LogP contribution < -0.4 is 0 Å². The summed E-state index contributed by atoms with van der Waals surface area (Å²) in [6, 6.07) is 8.44. The van der Waals surface area contributed by atoms with Crippen LogP contribution in [-0.2, 0) is 9.47 Å². The van der Waals surface area contributed by atoms with Gasteiger partial charge in [0, 0.05) is 0 Å². The number of epoxide rings is 1. The molecule has 3 heteroatoms. The first-order chi connectivity index (χ1) is 8.05. The highest BCUT2D eigenvalue weighted by atomic mass is 16.6. The lowest BCUT2D eigenvalue weighted by atomic mass is 10.1. The maximum Gasteiger partial charge on any atom is 0.217 e. The second kappa shape index (κ2) is 3.57. The van der Waals surface area contributed by atoms with Crippen LogP contribution in [0.5, 0.6) is 0 Å². The fourth-order valence-electron chi connectivity index (χ4n) is 2.07. The van der Waals surface area contributed by atoms with Gasteiger partial charge >= 0.3 is 0 Å². The van der Waals surface area contributed by atoms with Crippen molar-refractivity contribution in [3.63, 3.8) is 0 Å². The minimum atomic E-state index is -0.0981. The quantitative estimate of drug-likeness (QED) is 0.733. The van der Waals surface area contributed by atoms with E-state index in [2.05, 4.69) is 50.0 Å². The number of nitrogens with zero attached hydrogens (tertiary/aromatic N) is 1. The molecule has 2 heterocycles. The molecular formula is C14H17NO2. The minimum Gasteiger partial charge on any atom is -0.476 e. The molecule has 2 atom stereocenters.